The monoisotopic (exact) mass is 766 g/mol. The number of fused-ring (bicyclic) bond motifs is 8. The van der Waals surface area contributed by atoms with Crippen molar-refractivity contribution in [1.82, 2.24) is 19.5 Å². The lowest BCUT2D eigenvalue weighted by molar-refractivity contribution is 0.669. The van der Waals surface area contributed by atoms with Gasteiger partial charge in [0.25, 0.3) is 0 Å². The van der Waals surface area contributed by atoms with Crippen molar-refractivity contribution in [3.05, 3.63) is 206 Å². The van der Waals surface area contributed by atoms with Crippen LogP contribution in [0.1, 0.15) is 0 Å². The van der Waals surface area contributed by atoms with Crippen LogP contribution >= 0.6 is 0 Å². The Kier molecular flexibility index (Phi) is 7.78. The van der Waals surface area contributed by atoms with Crippen LogP contribution in [0.4, 0.5) is 0 Å². The van der Waals surface area contributed by atoms with Gasteiger partial charge >= 0.3 is 0 Å². The van der Waals surface area contributed by atoms with Gasteiger partial charge in [0.05, 0.1) is 22.1 Å². The molecule has 12 rings (SSSR count). The van der Waals surface area contributed by atoms with Crippen LogP contribution in [0.25, 0.3) is 117 Å². The van der Waals surface area contributed by atoms with E-state index in [1.165, 1.54) is 27.1 Å². The summed E-state index contributed by atoms with van der Waals surface area (Å²) in [4.78, 5) is 15.3. The molecule has 9 aromatic carbocycles. The zero-order valence-corrected chi connectivity index (χ0v) is 32.3. The summed E-state index contributed by atoms with van der Waals surface area (Å²) in [6.45, 7) is 0. The second kappa shape index (κ2) is 13.8. The van der Waals surface area contributed by atoms with Crippen molar-refractivity contribution >= 4 is 54.5 Å². The maximum absolute atomic E-state index is 6.70. The molecule has 0 radical (unpaired) electrons. The van der Waals surface area contributed by atoms with Crippen LogP contribution in [0, 0.1) is 0 Å². The van der Waals surface area contributed by atoms with Gasteiger partial charge in [0.1, 0.15) is 11.2 Å². The first-order valence-corrected chi connectivity index (χ1v) is 20.2. The molecule has 0 unspecified atom stereocenters. The first-order valence-electron chi connectivity index (χ1n) is 20.2. The molecule has 0 fully saturated rings. The molecule has 0 amide bonds. The largest absolute Gasteiger partial charge is 0.456 e. The highest BCUT2D eigenvalue weighted by Crippen LogP contribution is 2.43. The average molecular weight is 767 g/mol. The third-order valence-corrected chi connectivity index (χ3v) is 11.6. The maximum Gasteiger partial charge on any atom is 0.164 e. The zero-order chi connectivity index (χ0) is 39.6. The Morgan fingerprint density at radius 1 is 0.333 bits per heavy atom. The average Bonchev–Trinajstić information content (AvgIpc) is 3.88. The number of rotatable bonds is 6. The Hall–Kier alpha value is -8.15. The number of furan rings is 1. The van der Waals surface area contributed by atoms with Crippen molar-refractivity contribution in [2.75, 3.05) is 0 Å². The number of aromatic nitrogens is 4. The number of nitrogens with zero attached hydrogens (tertiary/aromatic N) is 4. The second-order valence-corrected chi connectivity index (χ2v) is 15.2. The van der Waals surface area contributed by atoms with E-state index in [1.54, 1.807) is 0 Å². The normalized spacial score (nSPS) is 11.7. The highest BCUT2D eigenvalue weighted by molar-refractivity contribution is 6.20. The Labute approximate surface area is 345 Å². The van der Waals surface area contributed by atoms with Gasteiger partial charge in [0.2, 0.25) is 0 Å². The molecule has 0 saturated heterocycles. The predicted octanol–water partition coefficient (Wildman–Crippen LogP) is 14.4. The molecule has 0 N–H and O–H groups in total. The molecule has 3 heterocycles. The Morgan fingerprint density at radius 3 is 1.62 bits per heavy atom. The fraction of sp³-hybridized carbons (Fsp3) is 0. The first-order chi connectivity index (χ1) is 29.7. The van der Waals surface area contributed by atoms with Gasteiger partial charge < -0.3 is 8.98 Å². The summed E-state index contributed by atoms with van der Waals surface area (Å²) in [6.07, 6.45) is 0. The second-order valence-electron chi connectivity index (χ2n) is 15.2. The minimum Gasteiger partial charge on any atom is -0.456 e. The number of benzene rings is 9. The third-order valence-electron chi connectivity index (χ3n) is 11.6. The van der Waals surface area contributed by atoms with Crippen LogP contribution in [0.15, 0.2) is 211 Å². The fourth-order valence-electron chi connectivity index (χ4n) is 8.81. The molecule has 0 spiro atoms. The molecule has 5 heteroatoms. The van der Waals surface area contributed by atoms with Crippen molar-refractivity contribution in [1.29, 1.82) is 0 Å². The van der Waals surface area contributed by atoms with E-state index in [1.807, 2.05) is 42.5 Å². The van der Waals surface area contributed by atoms with E-state index in [9.17, 15) is 0 Å². The highest BCUT2D eigenvalue weighted by Gasteiger charge is 2.21. The summed E-state index contributed by atoms with van der Waals surface area (Å²) in [5, 5.41) is 6.98. The summed E-state index contributed by atoms with van der Waals surface area (Å²) in [6, 6.07) is 72.1. The SMILES string of the molecule is c1ccc(-c2cccc(-c3nc(-c4ccccc4)nc(-c4cccc(-c5cc(-n6c7ccccc7c7ccc8ccccc8c76)c6c(c5)oc5ccccc56)c4)n3)c2)cc1. The standard InChI is InChI=1S/C55H34N4O/c1-3-15-35(16-4-1)38-20-13-22-40(31-38)54-56-53(37-18-5-2-6-19-37)57-55(58-54)41-23-14-21-39(32-41)42-33-48(51-46-26-10-12-28-49(46)60-50(51)34-42)59-47-27-11-9-25-44(47)45-30-29-36-17-7-8-24-43(36)52(45)59/h1-34H. The molecule has 0 saturated carbocycles. The summed E-state index contributed by atoms with van der Waals surface area (Å²) in [7, 11) is 0. The molecule has 280 valence electrons. The minimum atomic E-state index is 0.602. The van der Waals surface area contributed by atoms with Crippen LogP contribution in [-0.4, -0.2) is 19.5 Å². The van der Waals surface area contributed by atoms with Crippen LogP contribution in [0.2, 0.25) is 0 Å². The topological polar surface area (TPSA) is 56.7 Å². The number of hydrogen-bond donors (Lipinski definition) is 0. The van der Waals surface area contributed by atoms with Gasteiger partial charge in [-0.25, -0.2) is 15.0 Å². The lowest BCUT2D eigenvalue weighted by Crippen LogP contribution is -2.00. The Balaban J connectivity index is 1.07. The van der Waals surface area contributed by atoms with Gasteiger partial charge in [0.15, 0.2) is 17.5 Å². The first kappa shape index (κ1) is 33.9. The van der Waals surface area contributed by atoms with E-state index < -0.39 is 0 Å². The molecule has 0 aliphatic rings. The lowest BCUT2D eigenvalue weighted by Gasteiger charge is -2.14. The Morgan fingerprint density at radius 2 is 0.883 bits per heavy atom. The van der Waals surface area contributed by atoms with Gasteiger partial charge in [0, 0.05) is 38.2 Å². The lowest BCUT2D eigenvalue weighted by atomic mass is 9.99. The number of hydrogen-bond acceptors (Lipinski definition) is 4. The predicted molar refractivity (Wildman–Crippen MR) is 246 cm³/mol. The van der Waals surface area contributed by atoms with E-state index in [0.717, 1.165) is 72.1 Å². The minimum absolute atomic E-state index is 0.602. The van der Waals surface area contributed by atoms with Gasteiger partial charge in [-0.1, -0.05) is 170 Å². The number of para-hydroxylation sites is 2. The smallest absolute Gasteiger partial charge is 0.164 e. The van der Waals surface area contributed by atoms with Crippen molar-refractivity contribution in [2.24, 2.45) is 0 Å². The summed E-state index contributed by atoms with van der Waals surface area (Å²) >= 11 is 0. The van der Waals surface area contributed by atoms with Gasteiger partial charge in [-0.15, -0.1) is 0 Å². The molecule has 0 aliphatic carbocycles. The van der Waals surface area contributed by atoms with E-state index in [0.29, 0.717) is 17.5 Å². The van der Waals surface area contributed by atoms with Crippen LogP contribution in [-0.2, 0) is 0 Å². The maximum atomic E-state index is 6.70. The van der Waals surface area contributed by atoms with E-state index in [4.69, 9.17) is 19.4 Å². The van der Waals surface area contributed by atoms with Crippen molar-refractivity contribution in [3.8, 4) is 62.1 Å². The van der Waals surface area contributed by atoms with Gasteiger partial charge in [-0.3, -0.25) is 0 Å². The van der Waals surface area contributed by atoms with Gasteiger partial charge in [-0.2, -0.15) is 0 Å². The quantitative estimate of drug-likeness (QED) is 0.169. The summed E-state index contributed by atoms with van der Waals surface area (Å²) < 4.78 is 9.15. The molecule has 0 bridgehead atoms. The molecular weight excluding hydrogens is 733 g/mol. The summed E-state index contributed by atoms with van der Waals surface area (Å²) in [5.74, 6) is 1.84. The fourth-order valence-corrected chi connectivity index (χ4v) is 8.81. The molecule has 12 aromatic rings. The van der Waals surface area contributed by atoms with Crippen molar-refractivity contribution in [2.45, 2.75) is 0 Å². The van der Waals surface area contributed by atoms with Crippen LogP contribution < -0.4 is 0 Å². The molecular formula is C55H34N4O. The molecule has 0 atom stereocenters. The van der Waals surface area contributed by atoms with E-state index in [2.05, 4.69) is 168 Å². The van der Waals surface area contributed by atoms with Crippen molar-refractivity contribution < 1.29 is 4.42 Å². The molecule has 60 heavy (non-hydrogen) atoms. The van der Waals surface area contributed by atoms with E-state index >= 15 is 0 Å². The third kappa shape index (κ3) is 5.59. The Bertz CT molecular complexity index is 3610. The van der Waals surface area contributed by atoms with Crippen LogP contribution in [0.5, 0.6) is 0 Å². The highest BCUT2D eigenvalue weighted by atomic mass is 16.3. The van der Waals surface area contributed by atoms with Gasteiger partial charge in [-0.05, 0) is 64.0 Å². The molecule has 3 aromatic heterocycles. The van der Waals surface area contributed by atoms with Crippen LogP contribution in [0.3, 0.4) is 0 Å². The van der Waals surface area contributed by atoms with Crippen molar-refractivity contribution in [3.63, 3.8) is 0 Å². The summed E-state index contributed by atoms with van der Waals surface area (Å²) in [5.41, 5.74) is 12.1. The molecule has 5 nitrogen and oxygen atoms in total. The molecule has 0 aliphatic heterocycles. The van der Waals surface area contributed by atoms with E-state index in [-0.39, 0.29) is 0 Å². The zero-order valence-electron chi connectivity index (χ0n) is 32.3.